The van der Waals surface area contributed by atoms with E-state index in [1.165, 1.54) is 10.4 Å². The monoisotopic (exact) mass is 260 g/mol. The molecule has 1 aromatic heterocycles. The molecule has 0 bridgehead atoms. The largest absolute Gasteiger partial charge is 0.493 e. The van der Waals surface area contributed by atoms with E-state index in [1.54, 1.807) is 11.3 Å². The van der Waals surface area contributed by atoms with Gasteiger partial charge < -0.3 is 9.84 Å². The van der Waals surface area contributed by atoms with Crippen LogP contribution in [0.4, 0.5) is 0 Å². The van der Waals surface area contributed by atoms with Gasteiger partial charge in [0.1, 0.15) is 5.75 Å². The normalized spacial score (nSPS) is 20.0. The van der Waals surface area contributed by atoms with Crippen LogP contribution in [0.3, 0.4) is 0 Å². The van der Waals surface area contributed by atoms with Crippen LogP contribution in [0.5, 0.6) is 5.75 Å². The molecule has 18 heavy (non-hydrogen) atoms. The first-order valence-electron chi connectivity index (χ1n) is 6.18. The molecule has 1 aromatic carbocycles. The minimum Gasteiger partial charge on any atom is -0.493 e. The molecule has 1 aliphatic rings. The maximum atomic E-state index is 10.5. The molecule has 0 radical (unpaired) electrons. The predicted octanol–water partition coefficient (Wildman–Crippen LogP) is 3.34. The first kappa shape index (κ1) is 11.8. The van der Waals surface area contributed by atoms with E-state index in [9.17, 15) is 5.11 Å². The second-order valence-electron chi connectivity index (χ2n) is 4.76. The van der Waals surface area contributed by atoms with Gasteiger partial charge in [-0.2, -0.15) is 0 Å². The lowest BCUT2D eigenvalue weighted by Crippen LogP contribution is -2.26. The molecule has 0 aliphatic carbocycles. The zero-order valence-corrected chi connectivity index (χ0v) is 11.1. The standard InChI is InChI=1S/C15H16O2S/c1-10-13(6-7-18-10)15(16)12-8-11-4-2-3-5-14(11)17-9-12/h2-7,12,15-16H,8-9H2,1H3. The summed E-state index contributed by atoms with van der Waals surface area (Å²) in [5.74, 6) is 1.11. The van der Waals surface area contributed by atoms with Crippen molar-refractivity contribution in [1.82, 2.24) is 0 Å². The summed E-state index contributed by atoms with van der Waals surface area (Å²) in [7, 11) is 0. The molecule has 94 valence electrons. The van der Waals surface area contributed by atoms with Crippen molar-refractivity contribution < 1.29 is 9.84 Å². The van der Waals surface area contributed by atoms with Gasteiger partial charge >= 0.3 is 0 Å². The molecule has 0 spiro atoms. The third-order valence-corrected chi connectivity index (χ3v) is 4.43. The Morgan fingerprint density at radius 1 is 1.33 bits per heavy atom. The fourth-order valence-electron chi connectivity index (χ4n) is 2.51. The van der Waals surface area contributed by atoms with E-state index in [2.05, 4.69) is 13.0 Å². The Hall–Kier alpha value is -1.32. The Balaban J connectivity index is 1.82. The zero-order chi connectivity index (χ0) is 12.5. The van der Waals surface area contributed by atoms with E-state index in [0.717, 1.165) is 17.7 Å². The molecule has 2 heterocycles. The first-order chi connectivity index (χ1) is 8.75. The predicted molar refractivity (Wildman–Crippen MR) is 73.1 cm³/mol. The summed E-state index contributed by atoms with van der Waals surface area (Å²) in [6, 6.07) is 10.1. The van der Waals surface area contributed by atoms with E-state index >= 15 is 0 Å². The average Bonchev–Trinajstić information content (AvgIpc) is 2.83. The van der Waals surface area contributed by atoms with E-state index in [1.807, 2.05) is 29.6 Å². The number of rotatable bonds is 2. The highest BCUT2D eigenvalue weighted by molar-refractivity contribution is 7.10. The van der Waals surface area contributed by atoms with E-state index in [0.29, 0.717) is 6.61 Å². The lowest BCUT2D eigenvalue weighted by atomic mass is 9.89. The molecule has 0 saturated heterocycles. The van der Waals surface area contributed by atoms with Crippen molar-refractivity contribution in [2.45, 2.75) is 19.4 Å². The molecule has 0 amide bonds. The highest BCUT2D eigenvalue weighted by Crippen LogP contribution is 2.35. The molecule has 3 heteroatoms. The van der Waals surface area contributed by atoms with Gasteiger partial charge in [0.2, 0.25) is 0 Å². The van der Waals surface area contributed by atoms with Crippen LogP contribution in [0.25, 0.3) is 0 Å². The van der Waals surface area contributed by atoms with Crippen LogP contribution < -0.4 is 4.74 Å². The van der Waals surface area contributed by atoms with Crippen molar-refractivity contribution in [3.63, 3.8) is 0 Å². The minimum absolute atomic E-state index is 0.146. The molecule has 0 fully saturated rings. The number of fused-ring (bicyclic) bond motifs is 1. The van der Waals surface area contributed by atoms with Gasteiger partial charge in [-0.05, 0) is 42.0 Å². The van der Waals surface area contributed by atoms with Crippen molar-refractivity contribution in [3.05, 3.63) is 51.7 Å². The molecule has 2 aromatic rings. The summed E-state index contributed by atoms with van der Waals surface area (Å²) in [4.78, 5) is 1.20. The summed E-state index contributed by atoms with van der Waals surface area (Å²) < 4.78 is 5.74. The van der Waals surface area contributed by atoms with Gasteiger partial charge in [0.15, 0.2) is 0 Å². The Labute approximate surface area is 111 Å². The zero-order valence-electron chi connectivity index (χ0n) is 10.3. The molecular formula is C15H16O2S. The van der Waals surface area contributed by atoms with Gasteiger partial charge in [-0.25, -0.2) is 0 Å². The Morgan fingerprint density at radius 3 is 2.94 bits per heavy atom. The van der Waals surface area contributed by atoms with Gasteiger partial charge in [0, 0.05) is 10.8 Å². The maximum Gasteiger partial charge on any atom is 0.122 e. The SMILES string of the molecule is Cc1sccc1C(O)C1COc2ccccc2C1. The van der Waals surface area contributed by atoms with Gasteiger partial charge in [-0.1, -0.05) is 18.2 Å². The van der Waals surface area contributed by atoms with Gasteiger partial charge in [0.25, 0.3) is 0 Å². The number of aryl methyl sites for hydroxylation is 1. The first-order valence-corrected chi connectivity index (χ1v) is 7.06. The van der Waals surface area contributed by atoms with Crippen molar-refractivity contribution in [1.29, 1.82) is 0 Å². The van der Waals surface area contributed by atoms with Crippen molar-refractivity contribution in [2.24, 2.45) is 5.92 Å². The van der Waals surface area contributed by atoms with Crippen molar-refractivity contribution in [3.8, 4) is 5.75 Å². The van der Waals surface area contributed by atoms with Crippen LogP contribution in [0.15, 0.2) is 35.7 Å². The van der Waals surface area contributed by atoms with Crippen LogP contribution >= 0.6 is 11.3 Å². The summed E-state index contributed by atoms with van der Waals surface area (Å²) >= 11 is 1.68. The summed E-state index contributed by atoms with van der Waals surface area (Å²) in [5.41, 5.74) is 2.24. The molecule has 0 saturated carbocycles. The Kier molecular flexibility index (Phi) is 3.10. The third kappa shape index (κ3) is 2.04. The smallest absolute Gasteiger partial charge is 0.122 e. The van der Waals surface area contributed by atoms with Gasteiger partial charge in [-0.15, -0.1) is 11.3 Å². The van der Waals surface area contributed by atoms with Gasteiger partial charge in [-0.3, -0.25) is 0 Å². The minimum atomic E-state index is -0.426. The topological polar surface area (TPSA) is 29.5 Å². The number of hydrogen-bond acceptors (Lipinski definition) is 3. The molecular weight excluding hydrogens is 244 g/mol. The number of aliphatic hydroxyl groups excluding tert-OH is 1. The Morgan fingerprint density at radius 2 is 2.17 bits per heavy atom. The van der Waals surface area contributed by atoms with Crippen LogP contribution in [-0.2, 0) is 6.42 Å². The number of benzene rings is 1. The fourth-order valence-corrected chi connectivity index (χ4v) is 3.25. The quantitative estimate of drug-likeness (QED) is 0.897. The van der Waals surface area contributed by atoms with Crippen molar-refractivity contribution >= 4 is 11.3 Å². The molecule has 2 unspecified atom stereocenters. The summed E-state index contributed by atoms with van der Waals surface area (Å²) in [5, 5.41) is 12.5. The van der Waals surface area contributed by atoms with Gasteiger partial charge in [0.05, 0.1) is 12.7 Å². The molecule has 1 N–H and O–H groups in total. The highest BCUT2D eigenvalue weighted by atomic mass is 32.1. The third-order valence-electron chi connectivity index (χ3n) is 3.57. The molecule has 3 rings (SSSR count). The van der Waals surface area contributed by atoms with E-state index < -0.39 is 6.10 Å². The van der Waals surface area contributed by atoms with Crippen LogP contribution in [-0.4, -0.2) is 11.7 Å². The Bertz CT molecular complexity index is 547. The van der Waals surface area contributed by atoms with Crippen LogP contribution in [0.2, 0.25) is 0 Å². The molecule has 1 aliphatic heterocycles. The average molecular weight is 260 g/mol. The molecule has 2 atom stereocenters. The van der Waals surface area contributed by atoms with E-state index in [4.69, 9.17) is 4.74 Å². The highest BCUT2D eigenvalue weighted by Gasteiger charge is 2.28. The maximum absolute atomic E-state index is 10.5. The molecule has 2 nitrogen and oxygen atoms in total. The second kappa shape index (κ2) is 4.75. The van der Waals surface area contributed by atoms with Crippen LogP contribution in [0, 0.1) is 12.8 Å². The van der Waals surface area contributed by atoms with Crippen LogP contribution in [0.1, 0.15) is 22.1 Å². The fraction of sp³-hybridized carbons (Fsp3) is 0.333. The number of ether oxygens (including phenoxy) is 1. The second-order valence-corrected chi connectivity index (χ2v) is 5.88. The van der Waals surface area contributed by atoms with Crippen molar-refractivity contribution in [2.75, 3.05) is 6.61 Å². The number of para-hydroxylation sites is 1. The summed E-state index contributed by atoms with van der Waals surface area (Å²) in [6.07, 6.45) is 0.455. The van der Waals surface area contributed by atoms with E-state index in [-0.39, 0.29) is 5.92 Å². The lowest BCUT2D eigenvalue weighted by Gasteiger charge is -2.29. The number of aliphatic hydroxyl groups is 1. The summed E-state index contributed by atoms with van der Waals surface area (Å²) in [6.45, 7) is 2.65. The number of hydrogen-bond donors (Lipinski definition) is 1. The number of thiophene rings is 1. The lowest BCUT2D eigenvalue weighted by molar-refractivity contribution is 0.0644.